The Kier molecular flexibility index (Phi) is 8.04. The zero-order valence-corrected chi connectivity index (χ0v) is 12.1. The van der Waals surface area contributed by atoms with Crippen LogP contribution in [0.2, 0.25) is 0 Å². The van der Waals surface area contributed by atoms with Crippen LogP contribution in [0.3, 0.4) is 0 Å². The summed E-state index contributed by atoms with van der Waals surface area (Å²) >= 11 is 0. The van der Waals surface area contributed by atoms with Crippen LogP contribution in [0, 0.1) is 5.92 Å². The predicted molar refractivity (Wildman–Crippen MR) is 71.9 cm³/mol. The highest BCUT2D eigenvalue weighted by Gasteiger charge is 2.37. The van der Waals surface area contributed by atoms with Crippen molar-refractivity contribution in [2.45, 2.75) is 71.9 Å². The van der Waals surface area contributed by atoms with Crippen LogP contribution in [0.25, 0.3) is 0 Å². The molecule has 0 fully saturated rings. The Morgan fingerprint density at radius 3 is 2.00 bits per heavy atom. The van der Waals surface area contributed by atoms with Crippen LogP contribution in [0.15, 0.2) is 0 Å². The number of methoxy groups -OCH3 is 1. The second-order valence-electron chi connectivity index (χ2n) is 4.79. The molecule has 2 unspecified atom stereocenters. The number of rotatable bonds is 9. The maximum absolute atomic E-state index is 5.86. The van der Waals surface area contributed by atoms with E-state index in [1.54, 1.807) is 0 Å². The van der Waals surface area contributed by atoms with Gasteiger partial charge in [-0.15, -0.1) is 0 Å². The summed E-state index contributed by atoms with van der Waals surface area (Å²) in [6.45, 7) is 12.3. The maximum Gasteiger partial charge on any atom is 0.0828 e. The predicted octanol–water partition coefficient (Wildman–Crippen LogP) is 3.61. The van der Waals surface area contributed by atoms with E-state index in [0.717, 1.165) is 19.4 Å². The van der Waals surface area contributed by atoms with Crippen molar-refractivity contribution < 1.29 is 4.74 Å². The zero-order chi connectivity index (χ0) is 12.6. The Bertz CT molecular complexity index is 158. The van der Waals surface area contributed by atoms with Crippen molar-refractivity contribution in [2.24, 2.45) is 5.92 Å². The molecular formula is C14H31NO. The highest BCUT2D eigenvalue weighted by atomic mass is 16.5. The van der Waals surface area contributed by atoms with Gasteiger partial charge in [0, 0.05) is 13.2 Å². The molecule has 0 amide bonds. The Balaban J connectivity index is 4.80. The molecule has 2 nitrogen and oxygen atoms in total. The van der Waals surface area contributed by atoms with E-state index in [4.69, 9.17) is 4.74 Å². The standard InChI is InChI=1S/C14H31NO/c1-7-11-15-13(12(5)8-2)14(9-3,10-4)16-6/h12-13,15H,7-11H2,1-6H3. The molecule has 0 aromatic carbocycles. The molecule has 0 spiro atoms. The van der Waals surface area contributed by atoms with Gasteiger partial charge in [-0.3, -0.25) is 0 Å². The number of hydrogen-bond acceptors (Lipinski definition) is 2. The summed E-state index contributed by atoms with van der Waals surface area (Å²) in [5.74, 6) is 0.659. The molecule has 0 aromatic rings. The van der Waals surface area contributed by atoms with Crippen molar-refractivity contribution >= 4 is 0 Å². The van der Waals surface area contributed by atoms with Gasteiger partial charge in [-0.25, -0.2) is 0 Å². The fraction of sp³-hybridized carbons (Fsp3) is 1.00. The van der Waals surface area contributed by atoms with E-state index in [2.05, 4.69) is 39.9 Å². The first-order valence-electron chi connectivity index (χ1n) is 6.90. The van der Waals surface area contributed by atoms with Crippen LogP contribution in [0.4, 0.5) is 0 Å². The first-order chi connectivity index (χ1) is 7.61. The average molecular weight is 229 g/mol. The second kappa shape index (κ2) is 8.08. The lowest BCUT2D eigenvalue weighted by Gasteiger charge is -2.42. The van der Waals surface area contributed by atoms with Gasteiger partial charge in [-0.05, 0) is 31.7 Å². The van der Waals surface area contributed by atoms with Gasteiger partial charge in [-0.1, -0.05) is 41.0 Å². The number of ether oxygens (including phenoxy) is 1. The van der Waals surface area contributed by atoms with E-state index in [0.29, 0.717) is 12.0 Å². The monoisotopic (exact) mass is 229 g/mol. The minimum Gasteiger partial charge on any atom is -0.377 e. The van der Waals surface area contributed by atoms with Crippen LogP contribution in [-0.4, -0.2) is 25.3 Å². The van der Waals surface area contributed by atoms with Crippen molar-refractivity contribution in [2.75, 3.05) is 13.7 Å². The minimum absolute atomic E-state index is 0.00456. The quantitative estimate of drug-likeness (QED) is 0.652. The van der Waals surface area contributed by atoms with Gasteiger partial charge in [0.15, 0.2) is 0 Å². The lowest BCUT2D eigenvalue weighted by Crippen LogP contribution is -2.55. The van der Waals surface area contributed by atoms with E-state index in [-0.39, 0.29) is 5.60 Å². The topological polar surface area (TPSA) is 21.3 Å². The molecule has 0 saturated heterocycles. The van der Waals surface area contributed by atoms with Crippen molar-refractivity contribution in [3.8, 4) is 0 Å². The highest BCUT2D eigenvalue weighted by Crippen LogP contribution is 2.30. The van der Waals surface area contributed by atoms with Gasteiger partial charge in [-0.2, -0.15) is 0 Å². The molecule has 16 heavy (non-hydrogen) atoms. The van der Waals surface area contributed by atoms with E-state index in [1.165, 1.54) is 12.8 Å². The molecule has 0 aromatic heterocycles. The summed E-state index contributed by atoms with van der Waals surface area (Å²) in [5.41, 5.74) is 0.00456. The molecule has 98 valence electrons. The van der Waals surface area contributed by atoms with E-state index in [9.17, 15) is 0 Å². The van der Waals surface area contributed by atoms with Gasteiger partial charge in [0.25, 0.3) is 0 Å². The van der Waals surface area contributed by atoms with Gasteiger partial charge in [0.05, 0.1) is 5.60 Å². The van der Waals surface area contributed by atoms with E-state index in [1.807, 2.05) is 7.11 Å². The normalized spacial score (nSPS) is 16.1. The fourth-order valence-electron chi connectivity index (χ4n) is 2.55. The molecule has 0 rings (SSSR count). The minimum atomic E-state index is 0.00456. The third kappa shape index (κ3) is 3.74. The Hall–Kier alpha value is -0.0800. The molecule has 1 N–H and O–H groups in total. The fourth-order valence-corrected chi connectivity index (χ4v) is 2.55. The van der Waals surface area contributed by atoms with Crippen molar-refractivity contribution in [1.29, 1.82) is 0 Å². The molecule has 2 heteroatoms. The summed E-state index contributed by atoms with van der Waals surface area (Å²) in [5, 5.41) is 3.69. The molecule has 0 radical (unpaired) electrons. The van der Waals surface area contributed by atoms with Crippen LogP contribution in [-0.2, 0) is 4.74 Å². The van der Waals surface area contributed by atoms with Crippen LogP contribution >= 0.6 is 0 Å². The molecule has 0 aliphatic heterocycles. The Morgan fingerprint density at radius 1 is 1.12 bits per heavy atom. The molecule has 2 atom stereocenters. The van der Waals surface area contributed by atoms with Gasteiger partial charge >= 0.3 is 0 Å². The Morgan fingerprint density at radius 2 is 1.69 bits per heavy atom. The molecule has 0 heterocycles. The summed E-state index contributed by atoms with van der Waals surface area (Å²) in [6, 6.07) is 0.470. The van der Waals surface area contributed by atoms with Gasteiger partial charge in [0.1, 0.15) is 0 Å². The SMILES string of the molecule is CCCNC(C(C)CC)C(CC)(CC)OC. The molecule has 0 aliphatic carbocycles. The lowest BCUT2D eigenvalue weighted by atomic mass is 9.80. The van der Waals surface area contributed by atoms with Crippen molar-refractivity contribution in [3.63, 3.8) is 0 Å². The summed E-state index contributed by atoms with van der Waals surface area (Å²) in [7, 11) is 1.86. The highest BCUT2D eigenvalue weighted by molar-refractivity contribution is 4.93. The van der Waals surface area contributed by atoms with E-state index < -0.39 is 0 Å². The first kappa shape index (κ1) is 15.9. The van der Waals surface area contributed by atoms with Crippen LogP contribution in [0.5, 0.6) is 0 Å². The third-order valence-electron chi connectivity index (χ3n) is 4.00. The van der Waals surface area contributed by atoms with Crippen molar-refractivity contribution in [3.05, 3.63) is 0 Å². The van der Waals surface area contributed by atoms with Crippen molar-refractivity contribution in [1.82, 2.24) is 5.32 Å². The zero-order valence-electron chi connectivity index (χ0n) is 12.1. The third-order valence-corrected chi connectivity index (χ3v) is 4.00. The lowest BCUT2D eigenvalue weighted by molar-refractivity contribution is -0.0613. The average Bonchev–Trinajstić information content (AvgIpc) is 2.34. The number of hydrogen-bond donors (Lipinski definition) is 1. The number of nitrogens with one attached hydrogen (secondary N) is 1. The second-order valence-corrected chi connectivity index (χ2v) is 4.79. The summed E-state index contributed by atoms with van der Waals surface area (Å²) < 4.78 is 5.86. The molecule has 0 saturated carbocycles. The molecular weight excluding hydrogens is 198 g/mol. The maximum atomic E-state index is 5.86. The summed E-state index contributed by atoms with van der Waals surface area (Å²) in [4.78, 5) is 0. The Labute approximate surface area is 102 Å². The largest absolute Gasteiger partial charge is 0.377 e. The molecule has 0 aliphatic rings. The van der Waals surface area contributed by atoms with Gasteiger partial charge in [0.2, 0.25) is 0 Å². The van der Waals surface area contributed by atoms with E-state index >= 15 is 0 Å². The molecule has 0 bridgehead atoms. The van der Waals surface area contributed by atoms with Crippen LogP contribution in [0.1, 0.15) is 60.3 Å². The summed E-state index contributed by atoms with van der Waals surface area (Å²) in [6.07, 6.45) is 4.53. The smallest absolute Gasteiger partial charge is 0.0828 e. The van der Waals surface area contributed by atoms with Gasteiger partial charge < -0.3 is 10.1 Å². The van der Waals surface area contributed by atoms with Crippen LogP contribution < -0.4 is 5.32 Å². The first-order valence-corrected chi connectivity index (χ1v) is 6.90.